The van der Waals surface area contributed by atoms with Crippen molar-refractivity contribution >= 4 is 75.1 Å². The van der Waals surface area contributed by atoms with Gasteiger partial charge in [0.2, 0.25) is 0 Å². The third-order valence-corrected chi connectivity index (χ3v) is 12.9. The predicted octanol–water partition coefficient (Wildman–Crippen LogP) is 15.2. The molecular formula is C54H34N2S. The summed E-state index contributed by atoms with van der Waals surface area (Å²) in [5, 5.41) is 7.65. The molecule has 0 bridgehead atoms. The molecule has 0 N–H and O–H groups in total. The molecule has 0 fully saturated rings. The summed E-state index contributed by atoms with van der Waals surface area (Å²) in [5.41, 5.74) is 14.5. The van der Waals surface area contributed by atoms with Crippen LogP contribution in [0.15, 0.2) is 206 Å². The van der Waals surface area contributed by atoms with Crippen LogP contribution >= 0.6 is 11.3 Å². The van der Waals surface area contributed by atoms with Gasteiger partial charge >= 0.3 is 0 Å². The molecular weight excluding hydrogens is 709 g/mol. The van der Waals surface area contributed by atoms with Crippen LogP contribution in [0.4, 0.5) is 0 Å². The van der Waals surface area contributed by atoms with Gasteiger partial charge < -0.3 is 9.13 Å². The van der Waals surface area contributed by atoms with Crippen molar-refractivity contribution in [2.24, 2.45) is 0 Å². The zero-order chi connectivity index (χ0) is 37.5. The molecule has 0 saturated heterocycles. The van der Waals surface area contributed by atoms with Crippen LogP contribution in [0.1, 0.15) is 0 Å². The first-order valence-electron chi connectivity index (χ1n) is 19.5. The van der Waals surface area contributed by atoms with Crippen LogP contribution in [0.3, 0.4) is 0 Å². The Morgan fingerprint density at radius 3 is 1.65 bits per heavy atom. The molecule has 9 aromatic carbocycles. The maximum absolute atomic E-state index is 2.47. The Hall–Kier alpha value is -7.20. The van der Waals surface area contributed by atoms with Gasteiger partial charge in [0.05, 0.1) is 27.8 Å². The van der Waals surface area contributed by atoms with Crippen LogP contribution < -0.4 is 0 Å². The quantitative estimate of drug-likeness (QED) is 0.166. The highest BCUT2D eigenvalue weighted by molar-refractivity contribution is 7.25. The fourth-order valence-electron chi connectivity index (χ4n) is 9.17. The third-order valence-electron chi connectivity index (χ3n) is 11.7. The second-order valence-electron chi connectivity index (χ2n) is 14.9. The number of rotatable bonds is 5. The zero-order valence-corrected chi connectivity index (χ0v) is 31.7. The molecule has 0 aliphatic rings. The first-order valence-corrected chi connectivity index (χ1v) is 20.3. The number of hydrogen-bond donors (Lipinski definition) is 0. The van der Waals surface area contributed by atoms with Crippen molar-refractivity contribution in [2.75, 3.05) is 0 Å². The lowest BCUT2D eigenvalue weighted by Gasteiger charge is -2.11. The molecule has 3 heteroatoms. The summed E-state index contributed by atoms with van der Waals surface area (Å²) in [6.45, 7) is 0. The van der Waals surface area contributed by atoms with E-state index in [0.717, 1.165) is 5.69 Å². The van der Waals surface area contributed by atoms with Crippen molar-refractivity contribution in [3.8, 4) is 44.8 Å². The highest BCUT2D eigenvalue weighted by atomic mass is 32.1. The second-order valence-corrected chi connectivity index (χ2v) is 16.0. The van der Waals surface area contributed by atoms with Crippen LogP contribution in [0, 0.1) is 0 Å². The average molecular weight is 743 g/mol. The largest absolute Gasteiger partial charge is 0.309 e. The maximum atomic E-state index is 2.47. The second kappa shape index (κ2) is 12.7. The fourth-order valence-corrected chi connectivity index (χ4v) is 10.3. The van der Waals surface area contributed by atoms with Crippen LogP contribution in [-0.2, 0) is 0 Å². The summed E-state index contributed by atoms with van der Waals surface area (Å²) >= 11 is 1.87. The summed E-state index contributed by atoms with van der Waals surface area (Å²) < 4.78 is 7.54. The van der Waals surface area contributed by atoms with Crippen molar-refractivity contribution in [2.45, 2.75) is 0 Å². The standard InChI is InChI=1S/C54H34N2S/c1-3-13-35(14-4-1)36-25-29-40(30-26-36)55-48-32-28-39(34-45(48)53-41(19-11-21-49(53)55)37-15-5-2-6-16-37)38-27-31-47-44(33-38)42-17-7-9-20-46(42)56(47)50-22-12-24-52-54(50)43-18-8-10-23-51(43)57-52/h1-34H. The maximum Gasteiger partial charge on any atom is 0.0555 e. The lowest BCUT2D eigenvalue weighted by molar-refractivity contribution is 1.18. The Kier molecular flexibility index (Phi) is 7.13. The van der Waals surface area contributed by atoms with E-state index in [4.69, 9.17) is 0 Å². The van der Waals surface area contributed by atoms with E-state index in [1.54, 1.807) is 0 Å². The number of para-hydroxylation sites is 1. The molecule has 57 heavy (non-hydrogen) atoms. The van der Waals surface area contributed by atoms with Crippen molar-refractivity contribution in [3.63, 3.8) is 0 Å². The van der Waals surface area contributed by atoms with Crippen molar-refractivity contribution in [1.29, 1.82) is 0 Å². The molecule has 0 unspecified atom stereocenters. The van der Waals surface area contributed by atoms with Gasteiger partial charge in [-0.3, -0.25) is 0 Å². The number of nitrogens with zero attached hydrogens (tertiary/aromatic N) is 2. The molecule has 0 amide bonds. The van der Waals surface area contributed by atoms with Crippen molar-refractivity contribution < 1.29 is 0 Å². The van der Waals surface area contributed by atoms with E-state index in [-0.39, 0.29) is 0 Å². The molecule has 2 nitrogen and oxygen atoms in total. The normalized spacial score (nSPS) is 11.9. The number of fused-ring (bicyclic) bond motifs is 9. The minimum atomic E-state index is 1.15. The molecule has 0 aliphatic heterocycles. The van der Waals surface area contributed by atoms with Gasteiger partial charge in [-0.05, 0) is 100 Å². The predicted molar refractivity (Wildman–Crippen MR) is 244 cm³/mol. The van der Waals surface area contributed by atoms with Crippen molar-refractivity contribution in [1.82, 2.24) is 9.13 Å². The number of benzene rings is 9. The minimum Gasteiger partial charge on any atom is -0.309 e. The van der Waals surface area contributed by atoms with Gasteiger partial charge in [-0.2, -0.15) is 0 Å². The van der Waals surface area contributed by atoms with Crippen LogP contribution in [-0.4, -0.2) is 9.13 Å². The molecule has 12 aromatic rings. The molecule has 12 rings (SSSR count). The van der Waals surface area contributed by atoms with Gasteiger partial charge in [-0.1, -0.05) is 140 Å². The van der Waals surface area contributed by atoms with Gasteiger partial charge in [0.15, 0.2) is 0 Å². The summed E-state index contributed by atoms with van der Waals surface area (Å²) in [4.78, 5) is 0. The van der Waals surface area contributed by atoms with Gasteiger partial charge in [0.25, 0.3) is 0 Å². The summed E-state index contributed by atoms with van der Waals surface area (Å²) in [7, 11) is 0. The summed E-state index contributed by atoms with van der Waals surface area (Å²) in [5.74, 6) is 0. The number of aromatic nitrogens is 2. The molecule has 3 aromatic heterocycles. The molecule has 3 heterocycles. The van der Waals surface area contributed by atoms with Crippen LogP contribution in [0.5, 0.6) is 0 Å². The molecule has 0 saturated carbocycles. The fraction of sp³-hybridized carbons (Fsp3) is 0. The van der Waals surface area contributed by atoms with Crippen LogP contribution in [0.2, 0.25) is 0 Å². The number of thiophene rings is 1. The minimum absolute atomic E-state index is 1.15. The van der Waals surface area contributed by atoms with E-state index in [9.17, 15) is 0 Å². The Balaban J connectivity index is 1.07. The third kappa shape index (κ3) is 4.96. The molecule has 0 aliphatic carbocycles. The van der Waals surface area contributed by atoms with Crippen molar-refractivity contribution in [3.05, 3.63) is 206 Å². The highest BCUT2D eigenvalue weighted by Crippen LogP contribution is 2.43. The van der Waals surface area contributed by atoms with E-state index in [2.05, 4.69) is 215 Å². The molecule has 266 valence electrons. The van der Waals surface area contributed by atoms with Gasteiger partial charge in [0.1, 0.15) is 0 Å². The number of hydrogen-bond acceptors (Lipinski definition) is 1. The lowest BCUT2D eigenvalue weighted by Crippen LogP contribution is -1.94. The van der Waals surface area contributed by atoms with E-state index in [0.29, 0.717) is 0 Å². The Labute approximate surface area is 333 Å². The van der Waals surface area contributed by atoms with Crippen LogP contribution in [0.25, 0.3) is 109 Å². The van der Waals surface area contributed by atoms with Gasteiger partial charge in [0, 0.05) is 47.4 Å². The van der Waals surface area contributed by atoms with Gasteiger partial charge in [-0.15, -0.1) is 11.3 Å². The summed E-state index contributed by atoms with van der Waals surface area (Å²) in [6, 6.07) is 75.6. The van der Waals surface area contributed by atoms with Gasteiger partial charge in [-0.25, -0.2) is 0 Å². The highest BCUT2D eigenvalue weighted by Gasteiger charge is 2.20. The monoisotopic (exact) mass is 742 g/mol. The Bertz CT molecular complexity index is 3490. The van der Waals surface area contributed by atoms with E-state index in [1.165, 1.54) is 103 Å². The van der Waals surface area contributed by atoms with E-state index >= 15 is 0 Å². The first kappa shape index (κ1) is 32.1. The lowest BCUT2D eigenvalue weighted by atomic mass is 9.97. The average Bonchev–Trinajstić information content (AvgIpc) is 3.94. The molecule has 0 atom stereocenters. The first-order chi connectivity index (χ1) is 28.3. The zero-order valence-electron chi connectivity index (χ0n) is 30.9. The smallest absolute Gasteiger partial charge is 0.0555 e. The topological polar surface area (TPSA) is 9.86 Å². The molecule has 0 radical (unpaired) electrons. The van der Waals surface area contributed by atoms with E-state index in [1.807, 2.05) is 11.3 Å². The van der Waals surface area contributed by atoms with E-state index < -0.39 is 0 Å². The molecule has 0 spiro atoms. The summed E-state index contributed by atoms with van der Waals surface area (Å²) in [6.07, 6.45) is 0. The Morgan fingerprint density at radius 1 is 0.298 bits per heavy atom. The SMILES string of the molecule is c1ccc(-c2ccc(-n3c4ccc(-c5ccc6c(c5)c5ccccc5n6-c5cccc6sc7ccccc7c56)cc4c4c(-c5ccccc5)cccc43)cc2)cc1. The Morgan fingerprint density at radius 2 is 0.860 bits per heavy atom.